The lowest BCUT2D eigenvalue weighted by atomic mass is 10.2. The van der Waals surface area contributed by atoms with Gasteiger partial charge >= 0.3 is 0 Å². The number of sulfonamides is 1. The van der Waals surface area contributed by atoms with Gasteiger partial charge in [-0.15, -0.1) is 24.0 Å². The van der Waals surface area contributed by atoms with Crippen molar-refractivity contribution in [1.29, 1.82) is 0 Å². The first-order valence-electron chi connectivity index (χ1n) is 8.33. The second-order valence-electron chi connectivity index (χ2n) is 6.86. The van der Waals surface area contributed by atoms with Crippen LogP contribution in [0.2, 0.25) is 0 Å². The van der Waals surface area contributed by atoms with E-state index in [-0.39, 0.29) is 41.2 Å². The van der Waals surface area contributed by atoms with E-state index in [1.807, 2.05) is 11.8 Å². The minimum Gasteiger partial charge on any atom is -0.357 e. The Labute approximate surface area is 178 Å². The molecule has 0 aromatic heterocycles. The molecule has 27 heavy (non-hydrogen) atoms. The molecular weight excluding hydrogens is 503 g/mol. The Morgan fingerprint density at radius 1 is 1.37 bits per heavy atom. The summed E-state index contributed by atoms with van der Waals surface area (Å²) < 4.78 is 46.5. The van der Waals surface area contributed by atoms with Gasteiger partial charge in [-0.1, -0.05) is 12.1 Å². The molecule has 1 aliphatic heterocycles. The van der Waals surface area contributed by atoms with Crippen molar-refractivity contribution >= 4 is 49.8 Å². The molecular formula is C16H27IN4O4S2. The number of halogens is 1. The maximum absolute atomic E-state index is 12.2. The molecule has 1 aromatic carbocycles. The van der Waals surface area contributed by atoms with Gasteiger partial charge in [0.25, 0.3) is 0 Å². The van der Waals surface area contributed by atoms with Crippen molar-refractivity contribution in [3.63, 3.8) is 0 Å². The van der Waals surface area contributed by atoms with Gasteiger partial charge in [0.15, 0.2) is 15.8 Å². The van der Waals surface area contributed by atoms with Crippen molar-refractivity contribution in [2.45, 2.75) is 37.0 Å². The maximum atomic E-state index is 12.2. The molecule has 1 heterocycles. The molecule has 0 bridgehead atoms. The van der Waals surface area contributed by atoms with Gasteiger partial charge in [0.2, 0.25) is 10.0 Å². The van der Waals surface area contributed by atoms with E-state index in [4.69, 9.17) is 5.14 Å². The van der Waals surface area contributed by atoms with Crippen molar-refractivity contribution in [1.82, 2.24) is 10.2 Å². The SMILES string of the molecule is CCNC(=NCc1cccc(S(N)(=O)=O)c1)N1CCS(=O)(=O)C(C)(C)C1.I. The van der Waals surface area contributed by atoms with Crippen LogP contribution in [-0.4, -0.2) is 57.8 Å². The number of nitrogens with zero attached hydrogens (tertiary/aromatic N) is 2. The summed E-state index contributed by atoms with van der Waals surface area (Å²) in [5.41, 5.74) is 0.704. The van der Waals surface area contributed by atoms with Gasteiger partial charge in [-0.2, -0.15) is 0 Å². The standard InChI is InChI=1S/C16H26N4O4S2.HI/c1-4-18-15(20-8-9-25(21,22)16(2,3)12-20)19-11-13-6-5-7-14(10-13)26(17,23)24;/h5-7,10H,4,8-9,11-12H2,1-3H3,(H,18,19)(H2,17,23,24);1H. The van der Waals surface area contributed by atoms with Gasteiger partial charge in [-0.05, 0) is 38.5 Å². The van der Waals surface area contributed by atoms with Gasteiger partial charge in [-0.3, -0.25) is 0 Å². The lowest BCUT2D eigenvalue weighted by Gasteiger charge is -2.39. The first kappa shape index (κ1) is 24.1. The summed E-state index contributed by atoms with van der Waals surface area (Å²) in [5.74, 6) is 0.683. The van der Waals surface area contributed by atoms with Crippen LogP contribution in [0.5, 0.6) is 0 Å². The predicted octanol–water partition coefficient (Wildman–Crippen LogP) is 0.927. The van der Waals surface area contributed by atoms with Crippen molar-refractivity contribution in [3.8, 4) is 0 Å². The van der Waals surface area contributed by atoms with Crippen LogP contribution in [0.1, 0.15) is 26.3 Å². The normalized spacial score (nSPS) is 19.3. The van der Waals surface area contributed by atoms with Crippen molar-refractivity contribution < 1.29 is 16.8 Å². The smallest absolute Gasteiger partial charge is 0.238 e. The highest BCUT2D eigenvalue weighted by molar-refractivity contribution is 14.0. The van der Waals surface area contributed by atoms with Gasteiger partial charge in [-0.25, -0.2) is 27.0 Å². The molecule has 1 aliphatic rings. The summed E-state index contributed by atoms with van der Waals surface area (Å²) in [4.78, 5) is 6.51. The molecule has 0 radical (unpaired) electrons. The number of nitrogens with one attached hydrogen (secondary N) is 1. The van der Waals surface area contributed by atoms with E-state index in [9.17, 15) is 16.8 Å². The molecule has 3 N–H and O–H groups in total. The summed E-state index contributed by atoms with van der Waals surface area (Å²) >= 11 is 0. The summed E-state index contributed by atoms with van der Waals surface area (Å²) in [6.07, 6.45) is 0. The third-order valence-corrected chi connectivity index (χ3v) is 7.76. The van der Waals surface area contributed by atoms with Crippen LogP contribution in [-0.2, 0) is 26.4 Å². The Hall–Kier alpha value is -0.920. The van der Waals surface area contributed by atoms with Crippen LogP contribution < -0.4 is 10.5 Å². The Kier molecular flexibility index (Phi) is 8.09. The van der Waals surface area contributed by atoms with Crippen LogP contribution in [0.3, 0.4) is 0 Å². The lowest BCUT2D eigenvalue weighted by molar-refractivity contribution is 0.353. The Bertz CT molecular complexity index is 899. The molecule has 0 saturated carbocycles. The third-order valence-electron chi connectivity index (χ3n) is 4.32. The van der Waals surface area contributed by atoms with E-state index in [0.717, 1.165) is 0 Å². The maximum Gasteiger partial charge on any atom is 0.238 e. The fourth-order valence-electron chi connectivity index (χ4n) is 2.74. The topological polar surface area (TPSA) is 122 Å². The molecule has 1 aromatic rings. The molecule has 0 spiro atoms. The number of aliphatic imine (C=N–C) groups is 1. The van der Waals surface area contributed by atoms with E-state index in [2.05, 4.69) is 10.3 Å². The lowest BCUT2D eigenvalue weighted by Crippen LogP contribution is -2.57. The number of rotatable bonds is 4. The number of hydrogen-bond acceptors (Lipinski definition) is 5. The molecule has 2 rings (SSSR count). The van der Waals surface area contributed by atoms with E-state index < -0.39 is 24.6 Å². The molecule has 0 aliphatic carbocycles. The number of benzene rings is 1. The monoisotopic (exact) mass is 530 g/mol. The third kappa shape index (κ3) is 6.03. The van der Waals surface area contributed by atoms with E-state index in [1.165, 1.54) is 12.1 Å². The number of sulfone groups is 1. The molecule has 1 saturated heterocycles. The number of primary sulfonamides is 1. The highest BCUT2D eigenvalue weighted by Gasteiger charge is 2.40. The Morgan fingerprint density at radius 3 is 2.59 bits per heavy atom. The van der Waals surface area contributed by atoms with E-state index in [0.29, 0.717) is 31.2 Å². The fourth-order valence-corrected chi connectivity index (χ4v) is 4.69. The molecule has 1 fully saturated rings. The van der Waals surface area contributed by atoms with Crippen LogP contribution in [0, 0.1) is 0 Å². The fraction of sp³-hybridized carbons (Fsp3) is 0.562. The quantitative estimate of drug-likeness (QED) is 0.339. The largest absolute Gasteiger partial charge is 0.357 e. The number of hydrogen-bond donors (Lipinski definition) is 2. The summed E-state index contributed by atoms with van der Waals surface area (Å²) in [7, 11) is -6.90. The molecule has 0 unspecified atom stereocenters. The second-order valence-corrected chi connectivity index (χ2v) is 11.2. The van der Waals surface area contributed by atoms with Crippen LogP contribution in [0.15, 0.2) is 34.2 Å². The summed E-state index contributed by atoms with van der Waals surface area (Å²) in [6, 6.07) is 6.32. The number of guanidine groups is 1. The summed E-state index contributed by atoms with van der Waals surface area (Å²) in [5, 5.41) is 8.33. The first-order valence-corrected chi connectivity index (χ1v) is 11.5. The highest BCUT2D eigenvalue weighted by atomic mass is 127. The second kappa shape index (κ2) is 9.05. The zero-order valence-corrected chi connectivity index (χ0v) is 19.6. The first-order chi connectivity index (χ1) is 12.0. The van der Waals surface area contributed by atoms with Crippen molar-refractivity contribution in [2.24, 2.45) is 10.1 Å². The molecule has 154 valence electrons. The van der Waals surface area contributed by atoms with Gasteiger partial charge in [0, 0.05) is 19.6 Å². The van der Waals surface area contributed by atoms with Gasteiger partial charge in [0.1, 0.15) is 0 Å². The molecule has 11 heteroatoms. The average Bonchev–Trinajstić information content (AvgIpc) is 2.53. The Morgan fingerprint density at radius 2 is 2.04 bits per heavy atom. The minimum absolute atomic E-state index is 0. The minimum atomic E-state index is -3.76. The Balaban J connectivity index is 0.00000364. The average molecular weight is 530 g/mol. The molecule has 0 amide bonds. The number of nitrogens with two attached hydrogens (primary N) is 1. The molecule has 8 nitrogen and oxygen atoms in total. The zero-order chi connectivity index (χ0) is 19.6. The van der Waals surface area contributed by atoms with Crippen molar-refractivity contribution in [2.75, 3.05) is 25.4 Å². The highest BCUT2D eigenvalue weighted by Crippen LogP contribution is 2.23. The van der Waals surface area contributed by atoms with E-state index in [1.54, 1.807) is 26.0 Å². The van der Waals surface area contributed by atoms with Crippen LogP contribution >= 0.6 is 24.0 Å². The molecule has 0 atom stereocenters. The van der Waals surface area contributed by atoms with Crippen LogP contribution in [0.4, 0.5) is 0 Å². The van der Waals surface area contributed by atoms with Gasteiger partial charge < -0.3 is 10.2 Å². The zero-order valence-electron chi connectivity index (χ0n) is 15.7. The van der Waals surface area contributed by atoms with Crippen LogP contribution in [0.25, 0.3) is 0 Å². The predicted molar refractivity (Wildman–Crippen MR) is 117 cm³/mol. The van der Waals surface area contributed by atoms with E-state index >= 15 is 0 Å². The van der Waals surface area contributed by atoms with Crippen molar-refractivity contribution in [3.05, 3.63) is 29.8 Å². The van der Waals surface area contributed by atoms with Gasteiger partial charge in [0.05, 0.1) is 21.9 Å². The summed E-state index contributed by atoms with van der Waals surface area (Å²) in [6.45, 7) is 6.98.